The lowest BCUT2D eigenvalue weighted by Crippen LogP contribution is -2.30. The Bertz CT molecular complexity index is 505. The Balaban J connectivity index is 1.94. The third kappa shape index (κ3) is 2.23. The quantitative estimate of drug-likeness (QED) is 0.779. The SMILES string of the molecule is COC(=O)[C@@H]1OC2(CCCC2)O[C@H]1c1ccccc1C. The maximum absolute atomic E-state index is 12.0. The number of ether oxygens (including phenoxy) is 3. The van der Waals surface area contributed by atoms with Crippen molar-refractivity contribution >= 4 is 5.97 Å². The summed E-state index contributed by atoms with van der Waals surface area (Å²) in [6, 6.07) is 7.95. The van der Waals surface area contributed by atoms with Crippen LogP contribution >= 0.6 is 0 Å². The van der Waals surface area contributed by atoms with Gasteiger partial charge in [0.25, 0.3) is 0 Å². The molecular weight excluding hydrogens is 256 g/mol. The van der Waals surface area contributed by atoms with E-state index in [1.807, 2.05) is 31.2 Å². The Morgan fingerprint density at radius 3 is 2.60 bits per heavy atom. The second-order valence-corrected chi connectivity index (χ2v) is 5.57. The van der Waals surface area contributed by atoms with Gasteiger partial charge in [-0.3, -0.25) is 0 Å². The number of hydrogen-bond donors (Lipinski definition) is 0. The van der Waals surface area contributed by atoms with E-state index < -0.39 is 11.9 Å². The van der Waals surface area contributed by atoms with Gasteiger partial charge in [0.1, 0.15) is 6.10 Å². The molecule has 0 unspecified atom stereocenters. The van der Waals surface area contributed by atoms with Crippen LogP contribution in [0.25, 0.3) is 0 Å². The summed E-state index contributed by atoms with van der Waals surface area (Å²) in [6.07, 6.45) is 2.81. The lowest BCUT2D eigenvalue weighted by Gasteiger charge is -2.22. The van der Waals surface area contributed by atoms with Gasteiger partial charge in [0, 0.05) is 12.8 Å². The van der Waals surface area contributed by atoms with E-state index in [1.54, 1.807) is 0 Å². The summed E-state index contributed by atoms with van der Waals surface area (Å²) in [7, 11) is 1.39. The summed E-state index contributed by atoms with van der Waals surface area (Å²) in [5.74, 6) is -0.951. The highest BCUT2D eigenvalue weighted by molar-refractivity contribution is 5.76. The Morgan fingerprint density at radius 1 is 1.25 bits per heavy atom. The minimum absolute atomic E-state index is 0.359. The van der Waals surface area contributed by atoms with Crippen LogP contribution in [-0.4, -0.2) is 25.0 Å². The zero-order valence-electron chi connectivity index (χ0n) is 11.9. The number of methoxy groups -OCH3 is 1. The van der Waals surface area contributed by atoms with E-state index in [9.17, 15) is 4.79 Å². The monoisotopic (exact) mass is 276 g/mol. The number of benzene rings is 1. The van der Waals surface area contributed by atoms with Crippen molar-refractivity contribution in [3.63, 3.8) is 0 Å². The molecule has 4 heteroatoms. The molecule has 0 N–H and O–H groups in total. The van der Waals surface area contributed by atoms with Gasteiger partial charge in [0.05, 0.1) is 7.11 Å². The predicted octanol–water partition coefficient (Wildman–Crippen LogP) is 2.89. The van der Waals surface area contributed by atoms with Crippen molar-refractivity contribution in [1.29, 1.82) is 0 Å². The molecule has 0 aromatic heterocycles. The standard InChI is InChI=1S/C16H20O4/c1-11-7-3-4-8-12(11)13-14(15(17)18-2)20-16(19-13)9-5-6-10-16/h3-4,7-8,13-14H,5-6,9-10H2,1-2H3/t13-,14+/m0/s1. The zero-order valence-corrected chi connectivity index (χ0v) is 11.9. The van der Waals surface area contributed by atoms with Crippen LogP contribution in [0.2, 0.25) is 0 Å². The number of rotatable bonds is 2. The van der Waals surface area contributed by atoms with E-state index in [1.165, 1.54) is 7.11 Å². The molecule has 1 saturated heterocycles. The summed E-state index contributed by atoms with van der Waals surface area (Å²) >= 11 is 0. The van der Waals surface area contributed by atoms with Gasteiger partial charge in [-0.05, 0) is 30.9 Å². The van der Waals surface area contributed by atoms with E-state index in [2.05, 4.69) is 0 Å². The number of carbonyl (C=O) groups excluding carboxylic acids is 1. The third-order valence-electron chi connectivity index (χ3n) is 4.25. The number of esters is 1. The Morgan fingerprint density at radius 2 is 1.95 bits per heavy atom. The fourth-order valence-corrected chi connectivity index (χ4v) is 3.18. The average Bonchev–Trinajstić information content (AvgIpc) is 3.07. The van der Waals surface area contributed by atoms with Crippen LogP contribution in [0.4, 0.5) is 0 Å². The van der Waals surface area contributed by atoms with Gasteiger partial charge in [-0.15, -0.1) is 0 Å². The molecule has 2 atom stereocenters. The third-order valence-corrected chi connectivity index (χ3v) is 4.25. The molecule has 1 aliphatic heterocycles. The van der Waals surface area contributed by atoms with E-state index in [-0.39, 0.29) is 12.1 Å². The van der Waals surface area contributed by atoms with E-state index in [0.717, 1.165) is 36.8 Å². The first kappa shape index (κ1) is 13.6. The number of hydrogen-bond acceptors (Lipinski definition) is 4. The van der Waals surface area contributed by atoms with Crippen molar-refractivity contribution in [2.24, 2.45) is 0 Å². The van der Waals surface area contributed by atoms with Gasteiger partial charge < -0.3 is 14.2 Å². The Hall–Kier alpha value is -1.39. The number of carbonyl (C=O) groups is 1. The molecule has 0 radical (unpaired) electrons. The Kier molecular flexibility index (Phi) is 3.52. The second-order valence-electron chi connectivity index (χ2n) is 5.57. The van der Waals surface area contributed by atoms with Gasteiger partial charge in [-0.2, -0.15) is 0 Å². The first-order valence-corrected chi connectivity index (χ1v) is 7.14. The summed E-state index contributed by atoms with van der Waals surface area (Å²) in [5.41, 5.74) is 2.11. The number of aryl methyl sites for hydroxylation is 1. The van der Waals surface area contributed by atoms with Crippen molar-refractivity contribution < 1.29 is 19.0 Å². The highest BCUT2D eigenvalue weighted by Crippen LogP contribution is 2.47. The maximum Gasteiger partial charge on any atom is 0.338 e. The predicted molar refractivity (Wildman–Crippen MR) is 73.1 cm³/mol. The minimum atomic E-state index is -0.667. The normalized spacial score (nSPS) is 27.9. The summed E-state index contributed by atoms with van der Waals surface area (Å²) < 4.78 is 17.1. The van der Waals surface area contributed by atoms with Crippen LogP contribution in [0.3, 0.4) is 0 Å². The topological polar surface area (TPSA) is 44.8 Å². The molecule has 0 amide bonds. The molecule has 2 fully saturated rings. The van der Waals surface area contributed by atoms with Crippen LogP contribution < -0.4 is 0 Å². The van der Waals surface area contributed by atoms with Gasteiger partial charge in [-0.25, -0.2) is 4.79 Å². The zero-order chi connectivity index (χ0) is 14.2. The van der Waals surface area contributed by atoms with Gasteiger partial charge in [0.15, 0.2) is 11.9 Å². The molecular formula is C16H20O4. The molecule has 1 aromatic carbocycles. The highest BCUT2D eigenvalue weighted by Gasteiger charge is 2.52. The van der Waals surface area contributed by atoms with Crippen molar-refractivity contribution in [3.05, 3.63) is 35.4 Å². The van der Waals surface area contributed by atoms with E-state index in [4.69, 9.17) is 14.2 Å². The largest absolute Gasteiger partial charge is 0.467 e. The highest BCUT2D eigenvalue weighted by atomic mass is 16.8. The molecule has 20 heavy (non-hydrogen) atoms. The van der Waals surface area contributed by atoms with Crippen LogP contribution in [0.5, 0.6) is 0 Å². The van der Waals surface area contributed by atoms with Gasteiger partial charge in [-0.1, -0.05) is 24.3 Å². The smallest absolute Gasteiger partial charge is 0.338 e. The van der Waals surface area contributed by atoms with Crippen LogP contribution in [0.1, 0.15) is 42.9 Å². The molecule has 2 aliphatic rings. The fraction of sp³-hybridized carbons (Fsp3) is 0.562. The lowest BCUT2D eigenvalue weighted by atomic mass is 10.00. The molecule has 0 bridgehead atoms. The van der Waals surface area contributed by atoms with Crippen LogP contribution in [0.15, 0.2) is 24.3 Å². The van der Waals surface area contributed by atoms with Crippen LogP contribution in [0, 0.1) is 6.92 Å². The van der Waals surface area contributed by atoms with Crippen molar-refractivity contribution in [1.82, 2.24) is 0 Å². The summed E-state index contributed by atoms with van der Waals surface area (Å²) in [6.45, 7) is 2.02. The van der Waals surface area contributed by atoms with Crippen molar-refractivity contribution in [3.8, 4) is 0 Å². The minimum Gasteiger partial charge on any atom is -0.467 e. The first-order valence-electron chi connectivity index (χ1n) is 7.14. The van der Waals surface area contributed by atoms with Crippen molar-refractivity contribution in [2.45, 2.75) is 50.6 Å². The summed E-state index contributed by atoms with van der Waals surface area (Å²) in [4.78, 5) is 12.0. The molecule has 3 rings (SSSR count). The molecule has 1 spiro atoms. The fourth-order valence-electron chi connectivity index (χ4n) is 3.18. The molecule has 1 heterocycles. The molecule has 108 valence electrons. The van der Waals surface area contributed by atoms with E-state index >= 15 is 0 Å². The van der Waals surface area contributed by atoms with Gasteiger partial charge >= 0.3 is 5.97 Å². The second kappa shape index (κ2) is 5.19. The maximum atomic E-state index is 12.0. The van der Waals surface area contributed by atoms with Crippen LogP contribution in [-0.2, 0) is 19.0 Å². The summed E-state index contributed by atoms with van der Waals surface area (Å²) in [5, 5.41) is 0. The Labute approximate surface area is 119 Å². The van der Waals surface area contributed by atoms with Gasteiger partial charge in [0.2, 0.25) is 0 Å². The molecule has 1 aliphatic carbocycles. The molecule has 1 aromatic rings. The van der Waals surface area contributed by atoms with E-state index in [0.29, 0.717) is 0 Å². The van der Waals surface area contributed by atoms with Crippen molar-refractivity contribution in [2.75, 3.05) is 7.11 Å². The molecule has 4 nitrogen and oxygen atoms in total. The molecule has 1 saturated carbocycles. The lowest BCUT2D eigenvalue weighted by molar-refractivity contribution is -0.180. The first-order chi connectivity index (χ1) is 9.65. The average molecular weight is 276 g/mol.